The molecule has 0 unspecified atom stereocenters. The minimum atomic E-state index is 0.358. The van der Waals surface area contributed by atoms with Crippen LogP contribution in [0.25, 0.3) is 0 Å². The lowest BCUT2D eigenvalue weighted by Gasteiger charge is -2.08. The van der Waals surface area contributed by atoms with Gasteiger partial charge in [0.2, 0.25) is 0 Å². The monoisotopic (exact) mass is 332 g/mol. The molecular formula is C21H20N2O2. The van der Waals surface area contributed by atoms with Gasteiger partial charge in [-0.3, -0.25) is 4.98 Å². The summed E-state index contributed by atoms with van der Waals surface area (Å²) in [6.45, 7) is 2.83. The van der Waals surface area contributed by atoms with E-state index in [0.29, 0.717) is 18.9 Å². The van der Waals surface area contributed by atoms with Crippen molar-refractivity contribution in [3.63, 3.8) is 0 Å². The Morgan fingerprint density at radius 2 is 1.64 bits per heavy atom. The van der Waals surface area contributed by atoms with Crippen LogP contribution in [0.2, 0.25) is 0 Å². The van der Waals surface area contributed by atoms with Gasteiger partial charge in [-0.15, -0.1) is 0 Å². The third kappa shape index (κ3) is 4.91. The van der Waals surface area contributed by atoms with Crippen molar-refractivity contribution in [3.05, 3.63) is 95.8 Å². The first kappa shape index (κ1) is 16.7. The van der Waals surface area contributed by atoms with Gasteiger partial charge in [-0.25, -0.2) is 0 Å². The standard InChI is InChI=1S/C21H20N2O2/c1-17-10-12-19(13-11-17)24-15-16-25-23-21(18-7-3-2-4-8-18)20-9-5-6-14-22-20/h2-14H,15-16H2,1H3. The number of pyridine rings is 1. The molecule has 0 radical (unpaired) electrons. The summed E-state index contributed by atoms with van der Waals surface area (Å²) in [5, 5.41) is 4.28. The van der Waals surface area contributed by atoms with Crippen LogP contribution in [0.5, 0.6) is 5.75 Å². The normalized spacial score (nSPS) is 11.2. The van der Waals surface area contributed by atoms with E-state index in [-0.39, 0.29) is 0 Å². The van der Waals surface area contributed by atoms with E-state index in [1.54, 1.807) is 6.20 Å². The molecule has 0 aliphatic rings. The lowest BCUT2D eigenvalue weighted by Crippen LogP contribution is -2.09. The molecule has 0 saturated heterocycles. The lowest BCUT2D eigenvalue weighted by atomic mass is 10.1. The second-order valence-electron chi connectivity index (χ2n) is 5.52. The van der Waals surface area contributed by atoms with Gasteiger partial charge in [0, 0.05) is 11.8 Å². The van der Waals surface area contributed by atoms with Crippen LogP contribution in [0.1, 0.15) is 16.8 Å². The Labute approximate surface area is 147 Å². The zero-order valence-corrected chi connectivity index (χ0v) is 14.1. The van der Waals surface area contributed by atoms with Crippen molar-refractivity contribution in [1.82, 2.24) is 4.98 Å². The second kappa shape index (κ2) is 8.64. The van der Waals surface area contributed by atoms with Crippen molar-refractivity contribution < 1.29 is 9.57 Å². The van der Waals surface area contributed by atoms with E-state index in [4.69, 9.17) is 9.57 Å². The first-order chi connectivity index (χ1) is 12.3. The zero-order valence-electron chi connectivity index (χ0n) is 14.1. The van der Waals surface area contributed by atoms with E-state index in [9.17, 15) is 0 Å². The van der Waals surface area contributed by atoms with Gasteiger partial charge in [0.1, 0.15) is 18.1 Å². The van der Waals surface area contributed by atoms with Crippen LogP contribution >= 0.6 is 0 Å². The highest BCUT2D eigenvalue weighted by atomic mass is 16.6. The summed E-state index contributed by atoms with van der Waals surface area (Å²) in [6, 6.07) is 23.5. The fourth-order valence-electron chi connectivity index (χ4n) is 2.29. The van der Waals surface area contributed by atoms with Gasteiger partial charge in [-0.1, -0.05) is 59.3 Å². The minimum Gasteiger partial charge on any atom is -0.490 e. The van der Waals surface area contributed by atoms with Gasteiger partial charge in [0.05, 0.1) is 5.69 Å². The van der Waals surface area contributed by atoms with Gasteiger partial charge >= 0.3 is 0 Å². The first-order valence-electron chi connectivity index (χ1n) is 8.19. The lowest BCUT2D eigenvalue weighted by molar-refractivity contribution is 0.107. The molecule has 0 atom stereocenters. The molecule has 0 aliphatic carbocycles. The number of aromatic nitrogens is 1. The Morgan fingerprint density at radius 3 is 2.36 bits per heavy atom. The predicted octanol–water partition coefficient (Wildman–Crippen LogP) is 4.24. The van der Waals surface area contributed by atoms with Crippen LogP contribution in [0.3, 0.4) is 0 Å². The van der Waals surface area contributed by atoms with E-state index in [0.717, 1.165) is 17.0 Å². The fraction of sp³-hybridized carbons (Fsp3) is 0.143. The molecule has 0 saturated carbocycles. The topological polar surface area (TPSA) is 43.7 Å². The maximum Gasteiger partial charge on any atom is 0.151 e. The molecule has 2 aromatic carbocycles. The molecule has 0 fully saturated rings. The van der Waals surface area contributed by atoms with E-state index in [1.807, 2.05) is 79.7 Å². The number of hydrogen-bond acceptors (Lipinski definition) is 4. The van der Waals surface area contributed by atoms with Crippen LogP contribution in [-0.2, 0) is 4.84 Å². The van der Waals surface area contributed by atoms with E-state index < -0.39 is 0 Å². The van der Waals surface area contributed by atoms with Gasteiger partial charge in [0.15, 0.2) is 6.61 Å². The summed E-state index contributed by atoms with van der Waals surface area (Å²) in [5.74, 6) is 0.825. The van der Waals surface area contributed by atoms with Crippen molar-refractivity contribution in [2.75, 3.05) is 13.2 Å². The van der Waals surface area contributed by atoms with Crippen LogP contribution in [-0.4, -0.2) is 23.9 Å². The second-order valence-corrected chi connectivity index (χ2v) is 5.52. The molecule has 25 heavy (non-hydrogen) atoms. The molecule has 0 aliphatic heterocycles. The number of ether oxygens (including phenoxy) is 1. The maximum absolute atomic E-state index is 5.64. The van der Waals surface area contributed by atoms with Crippen LogP contribution in [0, 0.1) is 6.92 Å². The summed E-state index contributed by atoms with van der Waals surface area (Å²) in [4.78, 5) is 9.84. The van der Waals surface area contributed by atoms with Gasteiger partial charge < -0.3 is 9.57 Å². The maximum atomic E-state index is 5.64. The molecule has 0 spiro atoms. The number of hydrogen-bond donors (Lipinski definition) is 0. The smallest absolute Gasteiger partial charge is 0.151 e. The average molecular weight is 332 g/mol. The minimum absolute atomic E-state index is 0.358. The third-order valence-electron chi connectivity index (χ3n) is 3.57. The molecule has 3 aromatic rings. The summed E-state index contributed by atoms with van der Waals surface area (Å²) in [5.41, 5.74) is 3.64. The summed E-state index contributed by atoms with van der Waals surface area (Å²) in [7, 11) is 0. The average Bonchev–Trinajstić information content (AvgIpc) is 2.67. The highest BCUT2D eigenvalue weighted by Crippen LogP contribution is 2.11. The van der Waals surface area contributed by atoms with Gasteiger partial charge in [-0.2, -0.15) is 0 Å². The van der Waals surface area contributed by atoms with Crippen molar-refractivity contribution in [2.24, 2.45) is 5.16 Å². The summed E-state index contributed by atoms with van der Waals surface area (Å²) >= 11 is 0. The van der Waals surface area contributed by atoms with Gasteiger partial charge in [-0.05, 0) is 31.2 Å². The van der Waals surface area contributed by atoms with Crippen LogP contribution in [0.4, 0.5) is 0 Å². The Kier molecular flexibility index (Phi) is 5.77. The number of nitrogens with zero attached hydrogens (tertiary/aromatic N) is 2. The molecule has 4 nitrogen and oxygen atoms in total. The molecule has 0 N–H and O–H groups in total. The van der Waals surface area contributed by atoms with Gasteiger partial charge in [0.25, 0.3) is 0 Å². The van der Waals surface area contributed by atoms with Crippen LogP contribution < -0.4 is 4.74 Å². The molecule has 3 rings (SSSR count). The van der Waals surface area contributed by atoms with Crippen molar-refractivity contribution >= 4 is 5.71 Å². The molecule has 1 aromatic heterocycles. The molecule has 1 heterocycles. The molecule has 126 valence electrons. The fourth-order valence-corrected chi connectivity index (χ4v) is 2.29. The molecule has 0 bridgehead atoms. The summed E-state index contributed by atoms with van der Waals surface area (Å²) < 4.78 is 5.64. The van der Waals surface area contributed by atoms with E-state index in [1.165, 1.54) is 5.56 Å². The Balaban J connectivity index is 1.62. The van der Waals surface area contributed by atoms with Crippen molar-refractivity contribution in [3.8, 4) is 5.75 Å². The van der Waals surface area contributed by atoms with Crippen LogP contribution in [0.15, 0.2) is 84.1 Å². The quantitative estimate of drug-likeness (QED) is 0.369. The highest BCUT2D eigenvalue weighted by molar-refractivity contribution is 6.11. The Morgan fingerprint density at radius 1 is 0.880 bits per heavy atom. The van der Waals surface area contributed by atoms with E-state index >= 15 is 0 Å². The molecule has 4 heteroatoms. The van der Waals surface area contributed by atoms with Crippen molar-refractivity contribution in [1.29, 1.82) is 0 Å². The number of aryl methyl sites for hydroxylation is 1. The number of rotatable bonds is 7. The zero-order chi connectivity index (χ0) is 17.3. The highest BCUT2D eigenvalue weighted by Gasteiger charge is 2.08. The third-order valence-corrected chi connectivity index (χ3v) is 3.57. The molecular weight excluding hydrogens is 312 g/mol. The Hall–Kier alpha value is -3.14. The summed E-state index contributed by atoms with van der Waals surface area (Å²) in [6.07, 6.45) is 1.74. The predicted molar refractivity (Wildman–Crippen MR) is 98.9 cm³/mol. The number of oxime groups is 1. The largest absolute Gasteiger partial charge is 0.490 e. The molecule has 0 amide bonds. The first-order valence-corrected chi connectivity index (χ1v) is 8.19. The SMILES string of the molecule is Cc1ccc(OCCON=C(c2ccccc2)c2ccccn2)cc1. The Bertz CT molecular complexity index is 759. The van der Waals surface area contributed by atoms with Crippen molar-refractivity contribution in [2.45, 2.75) is 6.92 Å². The number of benzene rings is 2. The van der Waals surface area contributed by atoms with E-state index in [2.05, 4.69) is 10.1 Å².